The van der Waals surface area contributed by atoms with Gasteiger partial charge in [-0.3, -0.25) is 14.8 Å². The van der Waals surface area contributed by atoms with E-state index in [-0.39, 0.29) is 11.8 Å². The van der Waals surface area contributed by atoms with Crippen molar-refractivity contribution in [2.75, 3.05) is 38.0 Å². The van der Waals surface area contributed by atoms with Crippen molar-refractivity contribution in [3.8, 4) is 5.69 Å². The van der Waals surface area contributed by atoms with Gasteiger partial charge in [-0.1, -0.05) is 12.1 Å². The lowest BCUT2D eigenvalue weighted by molar-refractivity contribution is 0.205. The molecular formula is C22H31N7O2. The number of aromatic nitrogens is 2. The van der Waals surface area contributed by atoms with Crippen LogP contribution in [0.25, 0.3) is 5.69 Å². The van der Waals surface area contributed by atoms with E-state index >= 15 is 0 Å². The smallest absolute Gasteiger partial charge is 0.330 e. The minimum absolute atomic E-state index is 0.247. The lowest BCUT2D eigenvalue weighted by Crippen LogP contribution is -2.39. The number of nitrogens with one attached hydrogen (secondary N) is 1. The van der Waals surface area contributed by atoms with Crippen molar-refractivity contribution in [2.45, 2.75) is 31.8 Å². The first-order chi connectivity index (χ1) is 15.0. The van der Waals surface area contributed by atoms with Crippen molar-refractivity contribution in [2.24, 2.45) is 17.4 Å². The van der Waals surface area contributed by atoms with E-state index in [4.69, 9.17) is 11.5 Å². The first-order valence-corrected chi connectivity index (χ1v) is 10.9. The third-order valence-electron chi connectivity index (χ3n) is 6.20. The molecule has 3 heterocycles. The van der Waals surface area contributed by atoms with Crippen molar-refractivity contribution in [3.63, 3.8) is 0 Å². The van der Waals surface area contributed by atoms with Gasteiger partial charge < -0.3 is 16.4 Å². The van der Waals surface area contributed by atoms with E-state index < -0.39 is 5.69 Å². The number of likely N-dealkylation sites (tertiary alicyclic amines) is 2. The number of urea groups is 1. The fraction of sp³-hybridized carbons (Fsp3) is 0.500. The fourth-order valence-electron chi connectivity index (χ4n) is 4.20. The Morgan fingerprint density at radius 1 is 1.10 bits per heavy atom. The van der Waals surface area contributed by atoms with Crippen LogP contribution in [-0.4, -0.2) is 64.1 Å². The van der Waals surface area contributed by atoms with Crippen molar-refractivity contribution >= 4 is 11.8 Å². The largest absolute Gasteiger partial charge is 0.354 e. The maximum Gasteiger partial charge on any atom is 0.354 e. The van der Waals surface area contributed by atoms with Crippen LogP contribution in [0.4, 0.5) is 10.6 Å². The Bertz CT molecular complexity index is 951. The highest BCUT2D eigenvalue weighted by molar-refractivity contribution is 5.88. The Hall–Kier alpha value is -2.75. The summed E-state index contributed by atoms with van der Waals surface area (Å²) in [6, 6.07) is 9.63. The molecule has 9 nitrogen and oxygen atoms in total. The predicted molar refractivity (Wildman–Crippen MR) is 120 cm³/mol. The van der Waals surface area contributed by atoms with Crippen LogP contribution in [0.15, 0.2) is 41.3 Å². The van der Waals surface area contributed by atoms with Gasteiger partial charge in [0.25, 0.3) is 0 Å². The number of hydrogen-bond acceptors (Lipinski definition) is 6. The van der Waals surface area contributed by atoms with Crippen LogP contribution in [0.5, 0.6) is 0 Å². The summed E-state index contributed by atoms with van der Waals surface area (Å²) >= 11 is 0. The quantitative estimate of drug-likeness (QED) is 0.656. The van der Waals surface area contributed by atoms with E-state index in [2.05, 4.69) is 15.2 Å². The molecule has 0 saturated carbocycles. The number of amides is 2. The highest BCUT2D eigenvalue weighted by Gasteiger charge is 2.25. The predicted octanol–water partition coefficient (Wildman–Crippen LogP) is 0.968. The van der Waals surface area contributed by atoms with E-state index in [0.29, 0.717) is 31.6 Å². The molecule has 1 aromatic carbocycles. The minimum Gasteiger partial charge on any atom is -0.330 e. The molecule has 0 spiro atoms. The second-order valence-electron chi connectivity index (χ2n) is 8.51. The Kier molecular flexibility index (Phi) is 6.64. The van der Waals surface area contributed by atoms with Gasteiger partial charge >= 0.3 is 11.7 Å². The number of benzene rings is 1. The van der Waals surface area contributed by atoms with Crippen LogP contribution >= 0.6 is 0 Å². The molecule has 4 rings (SSSR count). The minimum atomic E-state index is -0.433. The molecule has 2 aliphatic heterocycles. The monoisotopic (exact) mass is 425 g/mol. The van der Waals surface area contributed by atoms with E-state index in [9.17, 15) is 9.59 Å². The van der Waals surface area contributed by atoms with E-state index in [1.54, 1.807) is 17.2 Å². The summed E-state index contributed by atoms with van der Waals surface area (Å²) in [5.41, 5.74) is 13.2. The normalized spacial score (nSPS) is 20.2. The molecule has 1 atom stereocenters. The number of carbonyl (C=O) groups excluding carboxylic acids is 1. The van der Waals surface area contributed by atoms with Crippen molar-refractivity contribution in [3.05, 3.63) is 52.6 Å². The maximum atomic E-state index is 12.5. The molecule has 0 aliphatic carbocycles. The zero-order chi connectivity index (χ0) is 21.8. The summed E-state index contributed by atoms with van der Waals surface area (Å²) in [4.78, 5) is 33.0. The topological polar surface area (TPSA) is 123 Å². The fourth-order valence-corrected chi connectivity index (χ4v) is 4.20. The van der Waals surface area contributed by atoms with Gasteiger partial charge in [0.05, 0.1) is 5.69 Å². The van der Waals surface area contributed by atoms with Crippen LogP contribution < -0.4 is 22.5 Å². The molecule has 9 heteroatoms. The number of nitrogens with zero attached hydrogens (tertiary/aromatic N) is 4. The molecular weight excluding hydrogens is 394 g/mol. The second kappa shape index (κ2) is 9.59. The van der Waals surface area contributed by atoms with Crippen LogP contribution in [0.3, 0.4) is 0 Å². The molecule has 2 fully saturated rings. The van der Waals surface area contributed by atoms with Gasteiger partial charge in [-0.25, -0.2) is 9.59 Å². The molecule has 1 unspecified atom stereocenters. The van der Waals surface area contributed by atoms with Crippen LogP contribution in [-0.2, 0) is 6.54 Å². The SMILES string of the molecule is NCC1CCN(C(=O)Nc2ccn(-c3ccc(CN4CCC(N)CC4)cc3)c(=O)n2)C1. The summed E-state index contributed by atoms with van der Waals surface area (Å²) in [5, 5.41) is 2.71. The Labute approximate surface area is 182 Å². The van der Waals surface area contributed by atoms with E-state index in [0.717, 1.165) is 44.6 Å². The molecule has 2 amide bonds. The Morgan fingerprint density at radius 2 is 1.84 bits per heavy atom. The third kappa shape index (κ3) is 5.30. The Morgan fingerprint density at radius 3 is 2.48 bits per heavy atom. The molecule has 5 N–H and O–H groups in total. The standard InChI is InChI=1S/C22H31N7O2/c23-13-17-5-11-28(15-17)21(30)25-20-8-12-29(22(31)26-20)19-3-1-16(2-4-19)14-27-9-6-18(24)7-10-27/h1-4,8,12,17-18H,5-7,9-11,13-15,23-24H2,(H,25,26,30,31). The van der Waals surface area contributed by atoms with Crippen molar-refractivity contribution < 1.29 is 4.79 Å². The third-order valence-corrected chi connectivity index (χ3v) is 6.20. The summed E-state index contributed by atoms with van der Waals surface area (Å²) in [6.07, 6.45) is 4.61. The maximum absolute atomic E-state index is 12.5. The zero-order valence-electron chi connectivity index (χ0n) is 17.7. The molecule has 31 heavy (non-hydrogen) atoms. The second-order valence-corrected chi connectivity index (χ2v) is 8.51. The molecule has 0 bridgehead atoms. The molecule has 2 aliphatic rings. The van der Waals surface area contributed by atoms with Crippen LogP contribution in [0.2, 0.25) is 0 Å². The van der Waals surface area contributed by atoms with Crippen LogP contribution in [0, 0.1) is 5.92 Å². The average molecular weight is 426 g/mol. The summed E-state index contributed by atoms with van der Waals surface area (Å²) in [7, 11) is 0. The summed E-state index contributed by atoms with van der Waals surface area (Å²) < 4.78 is 1.47. The highest BCUT2D eigenvalue weighted by atomic mass is 16.2. The van der Waals surface area contributed by atoms with Gasteiger partial charge in [0, 0.05) is 31.9 Å². The van der Waals surface area contributed by atoms with Gasteiger partial charge in [-0.2, -0.15) is 4.98 Å². The van der Waals surface area contributed by atoms with E-state index in [1.807, 2.05) is 24.3 Å². The van der Waals surface area contributed by atoms with Crippen molar-refractivity contribution in [1.29, 1.82) is 0 Å². The molecule has 2 aromatic rings. The van der Waals surface area contributed by atoms with Crippen molar-refractivity contribution in [1.82, 2.24) is 19.4 Å². The lowest BCUT2D eigenvalue weighted by atomic mass is 10.1. The number of anilines is 1. The number of rotatable bonds is 5. The number of carbonyl (C=O) groups is 1. The zero-order valence-corrected chi connectivity index (χ0v) is 17.7. The van der Waals surface area contributed by atoms with Gasteiger partial charge in [-0.15, -0.1) is 0 Å². The first kappa shape index (κ1) is 21.5. The first-order valence-electron chi connectivity index (χ1n) is 10.9. The number of nitrogens with two attached hydrogens (primary N) is 2. The van der Waals surface area contributed by atoms with Gasteiger partial charge in [0.2, 0.25) is 0 Å². The molecule has 2 saturated heterocycles. The molecule has 0 radical (unpaired) electrons. The van der Waals surface area contributed by atoms with Gasteiger partial charge in [0.15, 0.2) is 0 Å². The Balaban J connectivity index is 1.37. The summed E-state index contributed by atoms with van der Waals surface area (Å²) in [5.74, 6) is 0.588. The molecule has 166 valence electrons. The van der Waals surface area contributed by atoms with E-state index in [1.165, 1.54) is 10.1 Å². The van der Waals surface area contributed by atoms with Gasteiger partial charge in [0.1, 0.15) is 5.82 Å². The average Bonchev–Trinajstić information content (AvgIpc) is 3.26. The number of hydrogen-bond donors (Lipinski definition) is 3. The summed E-state index contributed by atoms with van der Waals surface area (Å²) in [6.45, 7) is 4.79. The van der Waals surface area contributed by atoms with Crippen LogP contribution in [0.1, 0.15) is 24.8 Å². The highest BCUT2D eigenvalue weighted by Crippen LogP contribution is 2.17. The lowest BCUT2D eigenvalue weighted by Gasteiger charge is -2.30. The number of piperidine rings is 1. The molecule has 1 aromatic heterocycles. The van der Waals surface area contributed by atoms with Gasteiger partial charge in [-0.05, 0) is 68.6 Å².